The van der Waals surface area contributed by atoms with Crippen LogP contribution < -0.4 is 24.4 Å². The number of halogens is 1. The van der Waals surface area contributed by atoms with Gasteiger partial charge in [0.1, 0.15) is 11.3 Å². The lowest BCUT2D eigenvalue weighted by atomic mass is 10.1. The first-order valence-corrected chi connectivity index (χ1v) is 9.56. The smallest absolute Gasteiger partial charge is 0.270 e. The van der Waals surface area contributed by atoms with Crippen molar-refractivity contribution in [2.45, 2.75) is 0 Å². The van der Waals surface area contributed by atoms with Crippen LogP contribution in [-0.4, -0.2) is 38.3 Å². The number of hydrogen-bond donors (Lipinski definition) is 1. The molecule has 0 unspecified atom stereocenters. The van der Waals surface area contributed by atoms with Gasteiger partial charge in [0, 0.05) is 0 Å². The summed E-state index contributed by atoms with van der Waals surface area (Å²) in [4.78, 5) is 26.8. The van der Waals surface area contributed by atoms with Crippen molar-refractivity contribution in [1.29, 1.82) is 0 Å². The summed E-state index contributed by atoms with van der Waals surface area (Å²) in [5.74, 6) is 0.500. The van der Waals surface area contributed by atoms with E-state index in [2.05, 4.69) is 21.2 Å². The Labute approximate surface area is 181 Å². The van der Waals surface area contributed by atoms with Gasteiger partial charge < -0.3 is 14.2 Å². The second kappa shape index (κ2) is 8.62. The molecule has 2 aromatic carbocycles. The zero-order valence-corrected chi connectivity index (χ0v) is 18.2. The lowest BCUT2D eigenvalue weighted by Crippen LogP contribution is -2.54. The highest BCUT2D eigenvalue weighted by atomic mass is 79.9. The Morgan fingerprint density at radius 1 is 1.03 bits per heavy atom. The molecule has 2 aromatic rings. The Hall–Kier alpha value is -2.91. The summed E-state index contributed by atoms with van der Waals surface area (Å²) in [6.07, 6.45) is 1.47. The zero-order chi connectivity index (χ0) is 21.1. The molecule has 1 aliphatic rings. The molecule has 0 saturated carbocycles. The Morgan fingerprint density at radius 3 is 2.31 bits per heavy atom. The van der Waals surface area contributed by atoms with E-state index in [0.29, 0.717) is 33.0 Å². The summed E-state index contributed by atoms with van der Waals surface area (Å²) in [5.41, 5.74) is 1.03. The van der Waals surface area contributed by atoms with Crippen molar-refractivity contribution >= 4 is 56.8 Å². The van der Waals surface area contributed by atoms with E-state index in [1.165, 1.54) is 25.2 Å². The molecule has 0 atom stereocenters. The summed E-state index contributed by atoms with van der Waals surface area (Å²) < 4.78 is 16.4. The van der Waals surface area contributed by atoms with Gasteiger partial charge in [-0.2, -0.15) is 0 Å². The van der Waals surface area contributed by atoms with Gasteiger partial charge in [-0.05, 0) is 76.2 Å². The number of ether oxygens (including phenoxy) is 3. The van der Waals surface area contributed by atoms with Gasteiger partial charge in [0.2, 0.25) is 0 Å². The van der Waals surface area contributed by atoms with E-state index in [9.17, 15) is 9.59 Å². The highest BCUT2D eigenvalue weighted by Gasteiger charge is 2.34. The van der Waals surface area contributed by atoms with Crippen LogP contribution in [0.15, 0.2) is 46.4 Å². The Kier molecular flexibility index (Phi) is 6.19. The highest BCUT2D eigenvalue weighted by molar-refractivity contribution is 9.10. The fourth-order valence-electron chi connectivity index (χ4n) is 2.81. The van der Waals surface area contributed by atoms with Crippen molar-refractivity contribution in [1.82, 2.24) is 5.32 Å². The molecule has 1 fully saturated rings. The Bertz CT molecular complexity index is 1020. The first-order valence-electron chi connectivity index (χ1n) is 8.36. The molecule has 9 heteroatoms. The average Bonchev–Trinajstić information content (AvgIpc) is 2.71. The van der Waals surface area contributed by atoms with Crippen LogP contribution in [0.1, 0.15) is 5.56 Å². The summed E-state index contributed by atoms with van der Waals surface area (Å²) in [6, 6.07) is 10.2. The van der Waals surface area contributed by atoms with Gasteiger partial charge in [-0.1, -0.05) is 0 Å². The van der Waals surface area contributed by atoms with Gasteiger partial charge in [0.05, 0.1) is 31.5 Å². The average molecular weight is 477 g/mol. The number of nitrogens with zero attached hydrogens (tertiary/aromatic N) is 1. The minimum atomic E-state index is -0.573. The van der Waals surface area contributed by atoms with E-state index in [1.54, 1.807) is 43.5 Å². The second-order valence-corrected chi connectivity index (χ2v) is 7.14. The standard InChI is InChI=1S/C20H17BrN2O5S/c1-26-13-6-4-12(5-7-13)23-19(25)14(18(24)22-20(23)29)8-11-9-15(21)17(28-3)16(10-11)27-2/h4-10H,1-3H3,(H,22,24,29)/b14-8-. The van der Waals surface area contributed by atoms with Crippen molar-refractivity contribution in [3.05, 3.63) is 52.0 Å². The number of nitrogens with one attached hydrogen (secondary N) is 1. The molecule has 0 radical (unpaired) electrons. The highest BCUT2D eigenvalue weighted by Crippen LogP contribution is 2.37. The quantitative estimate of drug-likeness (QED) is 0.405. The monoisotopic (exact) mass is 476 g/mol. The van der Waals surface area contributed by atoms with Gasteiger partial charge in [-0.3, -0.25) is 19.8 Å². The summed E-state index contributed by atoms with van der Waals surface area (Å²) in [7, 11) is 4.57. The van der Waals surface area contributed by atoms with Crippen LogP contribution in [0.25, 0.3) is 6.08 Å². The number of benzene rings is 2. The minimum Gasteiger partial charge on any atom is -0.497 e. The third-order valence-electron chi connectivity index (χ3n) is 4.20. The molecule has 1 aliphatic heterocycles. The molecule has 2 amide bonds. The van der Waals surface area contributed by atoms with E-state index in [4.69, 9.17) is 26.4 Å². The molecule has 0 bridgehead atoms. The molecule has 1 N–H and O–H groups in total. The van der Waals surface area contributed by atoms with Crippen molar-refractivity contribution in [3.63, 3.8) is 0 Å². The van der Waals surface area contributed by atoms with Crippen LogP contribution in [0.2, 0.25) is 0 Å². The normalized spacial score (nSPS) is 15.4. The molecule has 0 aliphatic carbocycles. The SMILES string of the molecule is COc1ccc(N2C(=O)/C(=C\c3cc(Br)c(OC)c(OC)c3)C(=O)NC2=S)cc1. The van der Waals surface area contributed by atoms with Crippen molar-refractivity contribution in [3.8, 4) is 17.2 Å². The number of carbonyl (C=O) groups is 2. The fourth-order valence-corrected chi connectivity index (χ4v) is 3.71. The van der Waals surface area contributed by atoms with Crippen LogP contribution in [0.4, 0.5) is 5.69 Å². The third kappa shape index (κ3) is 4.10. The van der Waals surface area contributed by atoms with Crippen LogP contribution >= 0.6 is 28.1 Å². The number of rotatable bonds is 5. The Morgan fingerprint density at radius 2 is 1.72 bits per heavy atom. The van der Waals surface area contributed by atoms with Crippen LogP contribution in [0.5, 0.6) is 17.2 Å². The van der Waals surface area contributed by atoms with Gasteiger partial charge in [0.25, 0.3) is 11.8 Å². The molecule has 0 spiro atoms. The molecule has 7 nitrogen and oxygen atoms in total. The number of amides is 2. The summed E-state index contributed by atoms with van der Waals surface area (Å²) in [5, 5.41) is 2.56. The Balaban J connectivity index is 2.02. The molecule has 0 aromatic heterocycles. The van der Waals surface area contributed by atoms with Crippen molar-refractivity contribution in [2.75, 3.05) is 26.2 Å². The van der Waals surface area contributed by atoms with Gasteiger partial charge in [0.15, 0.2) is 16.6 Å². The van der Waals surface area contributed by atoms with Crippen LogP contribution in [0, 0.1) is 0 Å². The van der Waals surface area contributed by atoms with E-state index in [1.807, 2.05) is 0 Å². The maximum Gasteiger partial charge on any atom is 0.270 e. The number of carbonyl (C=O) groups excluding carboxylic acids is 2. The van der Waals surface area contributed by atoms with Gasteiger partial charge >= 0.3 is 0 Å². The van der Waals surface area contributed by atoms with Crippen molar-refractivity contribution in [2.24, 2.45) is 0 Å². The topological polar surface area (TPSA) is 77.1 Å². The minimum absolute atomic E-state index is 0.0100. The first-order chi connectivity index (χ1) is 13.9. The number of hydrogen-bond acceptors (Lipinski definition) is 6. The van der Waals surface area contributed by atoms with Crippen molar-refractivity contribution < 1.29 is 23.8 Å². The fraction of sp³-hybridized carbons (Fsp3) is 0.150. The maximum atomic E-state index is 13.1. The largest absolute Gasteiger partial charge is 0.497 e. The number of thiocarbonyl (C=S) groups is 1. The number of anilines is 1. The van der Waals surface area contributed by atoms with E-state index >= 15 is 0 Å². The summed E-state index contributed by atoms with van der Waals surface area (Å²) >= 11 is 8.61. The van der Waals surface area contributed by atoms with Crippen LogP contribution in [-0.2, 0) is 9.59 Å². The molecule has 1 heterocycles. The molecule has 29 heavy (non-hydrogen) atoms. The predicted molar refractivity (Wildman–Crippen MR) is 116 cm³/mol. The molecule has 150 valence electrons. The van der Waals surface area contributed by atoms with E-state index < -0.39 is 11.8 Å². The third-order valence-corrected chi connectivity index (χ3v) is 5.07. The second-order valence-electron chi connectivity index (χ2n) is 5.89. The molecular formula is C20H17BrN2O5S. The molecular weight excluding hydrogens is 460 g/mol. The first kappa shape index (κ1) is 20.8. The lowest BCUT2D eigenvalue weighted by Gasteiger charge is -2.29. The van der Waals surface area contributed by atoms with Gasteiger partial charge in [-0.15, -0.1) is 0 Å². The maximum absolute atomic E-state index is 13.1. The predicted octanol–water partition coefficient (Wildman–Crippen LogP) is 3.31. The molecule has 3 rings (SSSR count). The van der Waals surface area contributed by atoms with Crippen LogP contribution in [0.3, 0.4) is 0 Å². The van der Waals surface area contributed by atoms with E-state index in [-0.39, 0.29) is 10.7 Å². The molecule has 1 saturated heterocycles. The number of methoxy groups -OCH3 is 3. The summed E-state index contributed by atoms with van der Waals surface area (Å²) in [6.45, 7) is 0. The van der Waals surface area contributed by atoms with E-state index in [0.717, 1.165) is 0 Å². The van der Waals surface area contributed by atoms with Gasteiger partial charge in [-0.25, -0.2) is 0 Å². The lowest BCUT2D eigenvalue weighted by molar-refractivity contribution is -0.122. The zero-order valence-electron chi connectivity index (χ0n) is 15.8.